The molecule has 126 valence electrons. The summed E-state index contributed by atoms with van der Waals surface area (Å²) in [7, 11) is 0. The summed E-state index contributed by atoms with van der Waals surface area (Å²) in [5.41, 5.74) is 0. The van der Waals surface area contributed by atoms with Crippen molar-refractivity contribution in [2.24, 2.45) is 0 Å². The van der Waals surface area contributed by atoms with Gasteiger partial charge in [-0.25, -0.2) is 0 Å². The molecule has 0 spiro atoms. The van der Waals surface area contributed by atoms with Gasteiger partial charge in [0, 0.05) is 57.9 Å². The van der Waals surface area contributed by atoms with Crippen LogP contribution in [0, 0.1) is 0 Å². The summed E-state index contributed by atoms with van der Waals surface area (Å²) < 4.78 is 5.49. The lowest BCUT2D eigenvalue weighted by Crippen LogP contribution is -2.52. The van der Waals surface area contributed by atoms with Crippen molar-refractivity contribution in [3.63, 3.8) is 0 Å². The molecule has 1 unspecified atom stereocenters. The summed E-state index contributed by atoms with van der Waals surface area (Å²) in [4.78, 5) is 19.2. The minimum absolute atomic E-state index is 0.207. The molecule has 2 aliphatic heterocycles. The number of carbonyl (C=O) groups is 1. The minimum Gasteiger partial charge on any atom is -0.379 e. The van der Waals surface area contributed by atoms with Crippen molar-refractivity contribution in [1.82, 2.24) is 20.0 Å². The molecule has 0 radical (unpaired) electrons. The highest BCUT2D eigenvalue weighted by atomic mass is 16.5. The van der Waals surface area contributed by atoms with Crippen LogP contribution in [-0.4, -0.2) is 98.3 Å². The predicted octanol–water partition coefficient (Wildman–Crippen LogP) is -0.397. The van der Waals surface area contributed by atoms with Gasteiger partial charge in [0.15, 0.2) is 0 Å². The van der Waals surface area contributed by atoms with E-state index in [1.807, 2.05) is 0 Å². The first kappa shape index (κ1) is 16.2. The first-order chi connectivity index (χ1) is 10.7. The van der Waals surface area contributed by atoms with Gasteiger partial charge in [-0.2, -0.15) is 0 Å². The standard InChI is InChI=1S/C16H30N4O2/c1-14-13-22-11-10-20(14)9-8-18-4-6-19(7-5-18)12-16(21)17-15-2-3-15/h14-15H,2-13H2,1H3,(H,17,21). The molecule has 6 nitrogen and oxygen atoms in total. The zero-order valence-electron chi connectivity index (χ0n) is 13.8. The predicted molar refractivity (Wildman–Crippen MR) is 85.9 cm³/mol. The van der Waals surface area contributed by atoms with Crippen molar-refractivity contribution in [1.29, 1.82) is 0 Å². The second-order valence-electron chi connectivity index (χ2n) is 6.92. The van der Waals surface area contributed by atoms with Gasteiger partial charge in [0.25, 0.3) is 0 Å². The maximum atomic E-state index is 11.8. The van der Waals surface area contributed by atoms with Crippen LogP contribution in [0.1, 0.15) is 19.8 Å². The van der Waals surface area contributed by atoms with Crippen molar-refractivity contribution < 1.29 is 9.53 Å². The third-order valence-electron chi connectivity index (χ3n) is 4.98. The summed E-state index contributed by atoms with van der Waals surface area (Å²) in [6, 6.07) is 1.02. The molecular formula is C16H30N4O2. The normalized spacial score (nSPS) is 28.7. The lowest BCUT2D eigenvalue weighted by molar-refractivity contribution is -0.122. The lowest BCUT2D eigenvalue weighted by atomic mass is 10.2. The Hall–Kier alpha value is -0.690. The van der Waals surface area contributed by atoms with E-state index in [4.69, 9.17) is 4.74 Å². The molecule has 1 saturated carbocycles. The molecule has 1 atom stereocenters. The van der Waals surface area contributed by atoms with Gasteiger partial charge in [0.05, 0.1) is 19.8 Å². The molecular weight excluding hydrogens is 280 g/mol. The van der Waals surface area contributed by atoms with Gasteiger partial charge in [0.1, 0.15) is 0 Å². The summed E-state index contributed by atoms with van der Waals surface area (Å²) in [6.45, 7) is 12.1. The van der Waals surface area contributed by atoms with E-state index in [0.29, 0.717) is 18.6 Å². The number of carbonyl (C=O) groups excluding carboxylic acids is 1. The Morgan fingerprint density at radius 1 is 1.09 bits per heavy atom. The SMILES string of the molecule is CC1COCCN1CCN1CCN(CC(=O)NC2CC2)CC1. The first-order valence-corrected chi connectivity index (χ1v) is 8.76. The Labute approximate surface area is 133 Å². The van der Waals surface area contributed by atoms with E-state index in [0.717, 1.165) is 59.0 Å². The van der Waals surface area contributed by atoms with Crippen LogP contribution in [0.3, 0.4) is 0 Å². The molecule has 1 aliphatic carbocycles. The number of rotatable bonds is 6. The number of morpholine rings is 1. The zero-order valence-corrected chi connectivity index (χ0v) is 13.8. The molecule has 22 heavy (non-hydrogen) atoms. The Kier molecular flexibility index (Phi) is 5.68. The van der Waals surface area contributed by atoms with Gasteiger partial charge < -0.3 is 10.1 Å². The Balaban J connectivity index is 1.30. The molecule has 1 N–H and O–H groups in total. The summed E-state index contributed by atoms with van der Waals surface area (Å²) >= 11 is 0. The highest BCUT2D eigenvalue weighted by Gasteiger charge is 2.25. The van der Waals surface area contributed by atoms with Crippen molar-refractivity contribution in [2.75, 3.05) is 65.6 Å². The monoisotopic (exact) mass is 310 g/mol. The van der Waals surface area contributed by atoms with Gasteiger partial charge >= 0.3 is 0 Å². The molecule has 0 aromatic rings. The highest BCUT2D eigenvalue weighted by Crippen LogP contribution is 2.18. The van der Waals surface area contributed by atoms with Crippen LogP contribution in [0.4, 0.5) is 0 Å². The summed E-state index contributed by atoms with van der Waals surface area (Å²) in [6.07, 6.45) is 2.33. The highest BCUT2D eigenvalue weighted by molar-refractivity contribution is 5.78. The maximum Gasteiger partial charge on any atom is 0.234 e. The zero-order chi connectivity index (χ0) is 15.4. The third-order valence-corrected chi connectivity index (χ3v) is 4.98. The molecule has 2 saturated heterocycles. The molecule has 1 amide bonds. The summed E-state index contributed by atoms with van der Waals surface area (Å²) in [5, 5.41) is 3.07. The van der Waals surface area contributed by atoms with Crippen LogP contribution in [0.25, 0.3) is 0 Å². The quantitative estimate of drug-likeness (QED) is 0.724. The fourth-order valence-corrected chi connectivity index (χ4v) is 3.24. The van der Waals surface area contributed by atoms with Crippen LogP contribution in [-0.2, 0) is 9.53 Å². The minimum atomic E-state index is 0.207. The van der Waals surface area contributed by atoms with Crippen LogP contribution >= 0.6 is 0 Å². The largest absolute Gasteiger partial charge is 0.379 e. The number of amides is 1. The van der Waals surface area contributed by atoms with Crippen LogP contribution in [0.15, 0.2) is 0 Å². The number of nitrogens with zero attached hydrogens (tertiary/aromatic N) is 3. The molecule has 0 aromatic carbocycles. The molecule has 3 fully saturated rings. The van der Waals surface area contributed by atoms with Crippen LogP contribution in [0.5, 0.6) is 0 Å². The molecule has 3 rings (SSSR count). The molecule has 6 heteroatoms. The van der Waals surface area contributed by atoms with Gasteiger partial charge in [-0.05, 0) is 19.8 Å². The van der Waals surface area contributed by atoms with Crippen molar-refractivity contribution in [3.05, 3.63) is 0 Å². The fourth-order valence-electron chi connectivity index (χ4n) is 3.24. The van der Waals surface area contributed by atoms with Crippen molar-refractivity contribution in [3.8, 4) is 0 Å². The van der Waals surface area contributed by atoms with E-state index in [9.17, 15) is 4.79 Å². The number of ether oxygens (including phenoxy) is 1. The van der Waals surface area contributed by atoms with Gasteiger partial charge in [-0.3, -0.25) is 19.5 Å². The van der Waals surface area contributed by atoms with Crippen LogP contribution < -0.4 is 5.32 Å². The summed E-state index contributed by atoms with van der Waals surface area (Å²) in [5.74, 6) is 0.207. The third kappa shape index (κ3) is 4.91. The van der Waals surface area contributed by atoms with E-state index in [1.54, 1.807) is 0 Å². The number of nitrogens with one attached hydrogen (secondary N) is 1. The maximum absolute atomic E-state index is 11.8. The number of piperazine rings is 1. The number of hydrogen-bond acceptors (Lipinski definition) is 5. The van der Waals surface area contributed by atoms with E-state index in [-0.39, 0.29) is 5.91 Å². The number of hydrogen-bond donors (Lipinski definition) is 1. The second-order valence-corrected chi connectivity index (χ2v) is 6.92. The average Bonchev–Trinajstić information content (AvgIpc) is 3.32. The molecule has 3 aliphatic rings. The topological polar surface area (TPSA) is 48.1 Å². The van der Waals surface area contributed by atoms with Crippen molar-refractivity contribution >= 4 is 5.91 Å². The van der Waals surface area contributed by atoms with E-state index >= 15 is 0 Å². The second kappa shape index (κ2) is 7.73. The fraction of sp³-hybridized carbons (Fsp3) is 0.938. The van der Waals surface area contributed by atoms with E-state index in [2.05, 4.69) is 26.9 Å². The Morgan fingerprint density at radius 2 is 1.82 bits per heavy atom. The van der Waals surface area contributed by atoms with Gasteiger partial charge in [-0.1, -0.05) is 0 Å². The van der Waals surface area contributed by atoms with Gasteiger partial charge in [-0.15, -0.1) is 0 Å². The average molecular weight is 310 g/mol. The van der Waals surface area contributed by atoms with Gasteiger partial charge in [0.2, 0.25) is 5.91 Å². The van der Waals surface area contributed by atoms with Crippen LogP contribution in [0.2, 0.25) is 0 Å². The lowest BCUT2D eigenvalue weighted by Gasteiger charge is -2.38. The Bertz CT molecular complexity index is 367. The smallest absolute Gasteiger partial charge is 0.234 e. The molecule has 0 bridgehead atoms. The van der Waals surface area contributed by atoms with E-state index in [1.165, 1.54) is 12.8 Å². The Morgan fingerprint density at radius 3 is 2.50 bits per heavy atom. The first-order valence-electron chi connectivity index (χ1n) is 8.76. The molecule has 2 heterocycles. The van der Waals surface area contributed by atoms with Crippen molar-refractivity contribution in [2.45, 2.75) is 31.8 Å². The van der Waals surface area contributed by atoms with E-state index < -0.39 is 0 Å². The molecule has 0 aromatic heterocycles.